The number of β-amino-alcohol motifs (C(OH)–C–C–N with tert-alkyl or cyclic N) is 1. The third kappa shape index (κ3) is 4.05. The largest absolute Gasteiger partial charge is 0.392 e. The van der Waals surface area contributed by atoms with Gasteiger partial charge in [-0.15, -0.1) is 0 Å². The van der Waals surface area contributed by atoms with Crippen LogP contribution in [0.3, 0.4) is 0 Å². The van der Waals surface area contributed by atoms with Gasteiger partial charge in [-0.3, -0.25) is 4.90 Å². The van der Waals surface area contributed by atoms with Crippen LogP contribution in [-0.4, -0.2) is 65.6 Å². The molecule has 1 fully saturated rings. The Kier molecular flexibility index (Phi) is 5.34. The number of piperidine rings is 1. The zero-order valence-electron chi connectivity index (χ0n) is 13.2. The molecule has 21 heavy (non-hydrogen) atoms. The minimum Gasteiger partial charge on any atom is -0.392 e. The third-order valence-electron chi connectivity index (χ3n) is 5.18. The molecule has 2 unspecified atom stereocenters. The number of hydrogen-bond donors (Lipinski definition) is 2. The van der Waals surface area contributed by atoms with E-state index in [4.69, 9.17) is 5.73 Å². The summed E-state index contributed by atoms with van der Waals surface area (Å²) in [4.78, 5) is 5.14. The quantitative estimate of drug-likeness (QED) is 0.777. The summed E-state index contributed by atoms with van der Waals surface area (Å²) >= 11 is 0. The molecule has 3 heterocycles. The number of aliphatic hydroxyl groups excluding tert-OH is 1. The Balaban J connectivity index is 1.51. The fourth-order valence-corrected chi connectivity index (χ4v) is 5.43. The van der Waals surface area contributed by atoms with Crippen molar-refractivity contribution in [3.8, 4) is 0 Å². The molecule has 3 atom stereocenters. The molecule has 0 saturated carbocycles. The van der Waals surface area contributed by atoms with Gasteiger partial charge in [0.1, 0.15) is 0 Å². The SMILES string of the molecule is C[C@H](O)CN1CCC(N2CCC3=C(CCC(N)P3)C2)CC1. The molecule has 0 radical (unpaired) electrons. The van der Waals surface area contributed by atoms with Crippen molar-refractivity contribution in [2.75, 3.05) is 32.7 Å². The molecule has 0 amide bonds. The first-order valence-corrected chi connectivity index (χ1v) is 9.57. The highest BCUT2D eigenvalue weighted by molar-refractivity contribution is 7.44. The molecule has 1 saturated heterocycles. The van der Waals surface area contributed by atoms with E-state index in [1.165, 1.54) is 45.2 Å². The zero-order valence-corrected chi connectivity index (χ0v) is 14.2. The number of nitrogens with zero attached hydrogens (tertiary/aromatic N) is 2. The molecule has 3 aliphatic heterocycles. The van der Waals surface area contributed by atoms with Crippen LogP contribution in [0.5, 0.6) is 0 Å². The van der Waals surface area contributed by atoms with Gasteiger partial charge in [0.2, 0.25) is 0 Å². The minimum absolute atomic E-state index is 0.198. The normalized spacial score (nSPS) is 32.4. The van der Waals surface area contributed by atoms with Crippen molar-refractivity contribution in [1.29, 1.82) is 0 Å². The highest BCUT2D eigenvalue weighted by atomic mass is 31.1. The van der Waals surface area contributed by atoms with E-state index in [1.807, 2.05) is 6.92 Å². The van der Waals surface area contributed by atoms with Gasteiger partial charge < -0.3 is 15.7 Å². The van der Waals surface area contributed by atoms with Crippen LogP contribution in [0, 0.1) is 0 Å². The van der Waals surface area contributed by atoms with E-state index in [0.717, 1.165) is 34.3 Å². The average Bonchev–Trinajstić information content (AvgIpc) is 2.47. The van der Waals surface area contributed by atoms with E-state index in [9.17, 15) is 5.11 Å². The van der Waals surface area contributed by atoms with Crippen molar-refractivity contribution in [2.24, 2.45) is 5.73 Å². The number of hydrogen-bond acceptors (Lipinski definition) is 4. The van der Waals surface area contributed by atoms with Crippen molar-refractivity contribution < 1.29 is 5.11 Å². The molecule has 0 aromatic rings. The summed E-state index contributed by atoms with van der Waals surface area (Å²) in [6.07, 6.45) is 6.01. The molecule has 3 rings (SSSR count). The number of nitrogens with two attached hydrogens (primary N) is 1. The molecule has 0 spiro atoms. The molecule has 4 nitrogen and oxygen atoms in total. The standard InChI is InChI=1S/C16H30N3OP/c1-12(20)10-18-7-4-14(5-8-18)19-9-6-15-13(11-19)2-3-16(17)21-15/h12,14,16,20-21H,2-11,17H2,1H3/t12-,16?/m0/s1. The molecule has 120 valence electrons. The lowest BCUT2D eigenvalue weighted by Crippen LogP contribution is -2.48. The van der Waals surface area contributed by atoms with Gasteiger partial charge in [0.05, 0.1) is 6.10 Å². The first kappa shape index (κ1) is 15.9. The lowest BCUT2D eigenvalue weighted by molar-refractivity contribution is 0.0752. The van der Waals surface area contributed by atoms with Gasteiger partial charge in [-0.1, -0.05) is 14.2 Å². The first-order chi connectivity index (χ1) is 10.1. The summed E-state index contributed by atoms with van der Waals surface area (Å²) < 4.78 is 0. The monoisotopic (exact) mass is 311 g/mol. The second kappa shape index (κ2) is 7.06. The molecule has 0 aromatic heterocycles. The van der Waals surface area contributed by atoms with Gasteiger partial charge in [0.15, 0.2) is 0 Å². The number of aliphatic hydroxyl groups is 1. The predicted octanol–water partition coefficient (Wildman–Crippen LogP) is 1.55. The highest BCUT2D eigenvalue weighted by Crippen LogP contribution is 2.43. The van der Waals surface area contributed by atoms with E-state index in [-0.39, 0.29) is 6.10 Å². The fourth-order valence-electron chi connectivity index (χ4n) is 4.03. The van der Waals surface area contributed by atoms with Crippen molar-refractivity contribution in [1.82, 2.24) is 9.80 Å². The Bertz CT molecular complexity index is 391. The first-order valence-electron chi connectivity index (χ1n) is 8.49. The van der Waals surface area contributed by atoms with Crippen LogP contribution in [0.25, 0.3) is 0 Å². The van der Waals surface area contributed by atoms with Gasteiger partial charge >= 0.3 is 0 Å². The van der Waals surface area contributed by atoms with E-state index in [0.29, 0.717) is 5.78 Å². The Morgan fingerprint density at radius 2 is 2.00 bits per heavy atom. The maximum absolute atomic E-state index is 9.50. The van der Waals surface area contributed by atoms with Gasteiger partial charge in [-0.25, -0.2) is 0 Å². The van der Waals surface area contributed by atoms with Crippen molar-refractivity contribution in [3.05, 3.63) is 10.9 Å². The molecule has 0 bridgehead atoms. The lowest BCUT2D eigenvalue weighted by atomic mass is 9.97. The van der Waals surface area contributed by atoms with Gasteiger partial charge in [-0.2, -0.15) is 0 Å². The van der Waals surface area contributed by atoms with Crippen LogP contribution < -0.4 is 5.73 Å². The minimum atomic E-state index is -0.198. The van der Waals surface area contributed by atoms with E-state index in [2.05, 4.69) is 9.80 Å². The van der Waals surface area contributed by atoms with E-state index < -0.39 is 0 Å². The molecular formula is C16H30N3OP. The molecule has 3 N–H and O–H groups in total. The molecule has 0 aromatic carbocycles. The molecule has 3 aliphatic rings. The summed E-state index contributed by atoms with van der Waals surface area (Å²) in [5, 5.41) is 11.2. The maximum Gasteiger partial charge on any atom is 0.0639 e. The van der Waals surface area contributed by atoms with Gasteiger partial charge in [0, 0.05) is 31.5 Å². The summed E-state index contributed by atoms with van der Waals surface area (Å²) in [6.45, 7) is 7.45. The van der Waals surface area contributed by atoms with E-state index in [1.54, 1.807) is 10.9 Å². The summed E-state index contributed by atoms with van der Waals surface area (Å²) in [7, 11) is 0.891. The zero-order chi connectivity index (χ0) is 14.8. The fraction of sp³-hybridized carbons (Fsp3) is 0.875. The Morgan fingerprint density at radius 3 is 2.71 bits per heavy atom. The van der Waals surface area contributed by atoms with Crippen LogP contribution in [0.2, 0.25) is 0 Å². The Morgan fingerprint density at radius 1 is 1.24 bits per heavy atom. The number of likely N-dealkylation sites (tertiary alicyclic amines) is 1. The van der Waals surface area contributed by atoms with Gasteiger partial charge in [0.25, 0.3) is 0 Å². The van der Waals surface area contributed by atoms with Crippen LogP contribution in [0.15, 0.2) is 10.9 Å². The van der Waals surface area contributed by atoms with Crippen LogP contribution in [0.1, 0.15) is 39.0 Å². The van der Waals surface area contributed by atoms with Crippen LogP contribution >= 0.6 is 8.58 Å². The highest BCUT2D eigenvalue weighted by Gasteiger charge is 2.30. The van der Waals surface area contributed by atoms with Crippen LogP contribution in [-0.2, 0) is 0 Å². The predicted molar refractivity (Wildman–Crippen MR) is 89.9 cm³/mol. The summed E-state index contributed by atoms with van der Waals surface area (Å²) in [5.74, 6) is 0.444. The summed E-state index contributed by atoms with van der Waals surface area (Å²) in [5.41, 5.74) is 7.83. The van der Waals surface area contributed by atoms with Crippen molar-refractivity contribution >= 4 is 8.58 Å². The van der Waals surface area contributed by atoms with Crippen molar-refractivity contribution in [2.45, 2.75) is 57.0 Å². The molecular weight excluding hydrogens is 281 g/mol. The third-order valence-corrected chi connectivity index (χ3v) is 6.79. The second-order valence-electron chi connectivity index (χ2n) is 6.97. The second-order valence-corrected chi connectivity index (χ2v) is 8.61. The maximum atomic E-state index is 9.50. The number of rotatable bonds is 3. The average molecular weight is 311 g/mol. The molecule has 5 heteroatoms. The van der Waals surface area contributed by atoms with Crippen molar-refractivity contribution in [3.63, 3.8) is 0 Å². The Labute approximate surface area is 130 Å². The lowest BCUT2D eigenvalue weighted by Gasteiger charge is -2.42. The topological polar surface area (TPSA) is 52.7 Å². The summed E-state index contributed by atoms with van der Waals surface area (Å²) in [6, 6.07) is 0.753. The Hall–Kier alpha value is 0.0100. The van der Waals surface area contributed by atoms with E-state index >= 15 is 0 Å². The van der Waals surface area contributed by atoms with Gasteiger partial charge in [-0.05, 0) is 57.4 Å². The van der Waals surface area contributed by atoms with Crippen LogP contribution in [0.4, 0.5) is 0 Å². The molecule has 0 aliphatic carbocycles. The smallest absolute Gasteiger partial charge is 0.0639 e.